The Kier molecular flexibility index (Phi) is 3.62. The summed E-state index contributed by atoms with van der Waals surface area (Å²) in [6, 6.07) is 11.9. The minimum absolute atomic E-state index is 0.147. The molecule has 3 aliphatic rings. The molecule has 0 N–H and O–H groups in total. The van der Waals surface area contributed by atoms with Gasteiger partial charge in [-0.05, 0) is 31.7 Å². The van der Waals surface area contributed by atoms with Gasteiger partial charge in [-0.2, -0.15) is 0 Å². The highest BCUT2D eigenvalue weighted by Gasteiger charge is 2.63. The number of piperazine rings is 1. The molecule has 2 aromatic rings. The lowest BCUT2D eigenvalue weighted by molar-refractivity contribution is -0.121. The molecule has 144 valence electrons. The van der Waals surface area contributed by atoms with Gasteiger partial charge < -0.3 is 14.5 Å². The Morgan fingerprint density at radius 3 is 2.64 bits per heavy atom. The number of carbonyl (C=O) groups excluding carboxylic acids is 3. The van der Waals surface area contributed by atoms with E-state index < -0.39 is 12.1 Å². The lowest BCUT2D eigenvalue weighted by Crippen LogP contribution is -2.55. The van der Waals surface area contributed by atoms with E-state index in [1.54, 1.807) is 29.7 Å². The van der Waals surface area contributed by atoms with Crippen molar-refractivity contribution in [1.29, 1.82) is 0 Å². The summed E-state index contributed by atoms with van der Waals surface area (Å²) >= 11 is 0. The molecule has 3 fully saturated rings. The molecule has 3 heterocycles. The van der Waals surface area contributed by atoms with E-state index in [9.17, 15) is 14.4 Å². The van der Waals surface area contributed by atoms with E-state index in [1.165, 1.54) is 4.90 Å². The van der Waals surface area contributed by atoms with E-state index in [0.717, 1.165) is 10.8 Å². The van der Waals surface area contributed by atoms with Gasteiger partial charge in [0.1, 0.15) is 6.04 Å². The van der Waals surface area contributed by atoms with Crippen LogP contribution in [0.25, 0.3) is 10.8 Å². The summed E-state index contributed by atoms with van der Waals surface area (Å²) in [6.07, 6.45) is -0.0135. The van der Waals surface area contributed by atoms with Crippen molar-refractivity contribution < 1.29 is 19.1 Å². The van der Waals surface area contributed by atoms with Crippen LogP contribution in [0.2, 0.25) is 0 Å². The van der Waals surface area contributed by atoms with Crippen LogP contribution in [0.5, 0.6) is 0 Å². The third-order valence-electron chi connectivity index (χ3n) is 5.84. The van der Waals surface area contributed by atoms with E-state index in [-0.39, 0.29) is 30.1 Å². The lowest BCUT2D eigenvalue weighted by atomic mass is 10.1. The molecule has 0 aliphatic carbocycles. The molecule has 0 spiro atoms. The molecule has 7 heteroatoms. The number of benzene rings is 2. The first kappa shape index (κ1) is 17.0. The Hall–Kier alpha value is -3.09. The van der Waals surface area contributed by atoms with Crippen molar-refractivity contribution in [2.75, 3.05) is 11.4 Å². The summed E-state index contributed by atoms with van der Waals surface area (Å²) in [5.41, 5.74) is 0.596. The van der Waals surface area contributed by atoms with Crippen molar-refractivity contribution >= 4 is 34.5 Å². The number of likely N-dealkylation sites (tertiary alicyclic amines) is 1. The van der Waals surface area contributed by atoms with Crippen LogP contribution in [0.1, 0.15) is 20.3 Å². The number of amides is 4. The SMILES string of the molecule is CC(C)OC(=O)N1CC2CC1C1C(=O)N(c3cccc4ccccc34)C(=O)N21. The van der Waals surface area contributed by atoms with Crippen molar-refractivity contribution in [3.8, 4) is 0 Å². The van der Waals surface area contributed by atoms with Crippen molar-refractivity contribution in [3.63, 3.8) is 0 Å². The van der Waals surface area contributed by atoms with Crippen LogP contribution in [0.15, 0.2) is 42.5 Å². The molecule has 4 amide bonds. The van der Waals surface area contributed by atoms with Crippen molar-refractivity contribution in [2.45, 2.75) is 44.5 Å². The third-order valence-corrected chi connectivity index (χ3v) is 5.84. The van der Waals surface area contributed by atoms with Gasteiger partial charge in [0.15, 0.2) is 0 Å². The largest absolute Gasteiger partial charge is 0.447 e. The number of urea groups is 1. The van der Waals surface area contributed by atoms with E-state index >= 15 is 0 Å². The molecule has 2 aromatic carbocycles. The summed E-state index contributed by atoms with van der Waals surface area (Å²) in [5, 5.41) is 1.83. The number of imide groups is 1. The predicted molar refractivity (Wildman–Crippen MR) is 103 cm³/mol. The summed E-state index contributed by atoms with van der Waals surface area (Å²) in [7, 11) is 0. The van der Waals surface area contributed by atoms with Crippen LogP contribution in [0.4, 0.5) is 15.3 Å². The normalized spacial score (nSPS) is 26.0. The minimum atomic E-state index is -0.634. The molecule has 5 rings (SSSR count). The molecule has 0 aromatic heterocycles. The summed E-state index contributed by atoms with van der Waals surface area (Å²) < 4.78 is 5.33. The van der Waals surface area contributed by atoms with Crippen molar-refractivity contribution in [1.82, 2.24) is 9.80 Å². The molecule has 28 heavy (non-hydrogen) atoms. The summed E-state index contributed by atoms with van der Waals surface area (Å²) in [4.78, 5) is 43.5. The number of nitrogens with zero attached hydrogens (tertiary/aromatic N) is 3. The lowest BCUT2D eigenvalue weighted by Gasteiger charge is -2.34. The number of rotatable bonds is 2. The van der Waals surface area contributed by atoms with E-state index in [0.29, 0.717) is 18.7 Å². The smallest absolute Gasteiger partial charge is 0.410 e. The number of carbonyl (C=O) groups is 3. The van der Waals surface area contributed by atoms with Gasteiger partial charge in [-0.25, -0.2) is 14.5 Å². The standard InChI is InChI=1S/C21H21N3O4/c1-12(2)28-21(27)22-11-14-10-17(22)18-19(25)24(20(26)23(14)18)16-9-5-7-13-6-3-4-8-15(13)16/h3-9,12,14,17-18H,10-11H2,1-2H3. The Labute approximate surface area is 162 Å². The first-order valence-electron chi connectivity index (χ1n) is 9.58. The van der Waals surface area contributed by atoms with Crippen LogP contribution in [0, 0.1) is 0 Å². The third kappa shape index (κ3) is 2.25. The first-order valence-corrected chi connectivity index (χ1v) is 9.58. The molecule has 0 saturated carbocycles. The first-order chi connectivity index (χ1) is 13.5. The molecule has 3 aliphatic heterocycles. The highest BCUT2D eigenvalue weighted by Crippen LogP contribution is 2.43. The fourth-order valence-electron chi connectivity index (χ4n) is 4.76. The fourth-order valence-corrected chi connectivity index (χ4v) is 4.76. The molecule has 7 nitrogen and oxygen atoms in total. The Balaban J connectivity index is 1.50. The van der Waals surface area contributed by atoms with Gasteiger partial charge in [0, 0.05) is 11.9 Å². The number of hydrogen-bond acceptors (Lipinski definition) is 4. The van der Waals surface area contributed by atoms with E-state index in [2.05, 4.69) is 0 Å². The van der Waals surface area contributed by atoms with Crippen LogP contribution in [-0.4, -0.2) is 58.6 Å². The van der Waals surface area contributed by atoms with E-state index in [1.807, 2.05) is 36.4 Å². The molecule has 2 bridgehead atoms. The zero-order chi connectivity index (χ0) is 19.6. The van der Waals surface area contributed by atoms with Crippen LogP contribution >= 0.6 is 0 Å². The zero-order valence-electron chi connectivity index (χ0n) is 15.7. The molecular formula is C21H21N3O4. The van der Waals surface area contributed by atoms with Crippen molar-refractivity contribution in [3.05, 3.63) is 42.5 Å². The minimum Gasteiger partial charge on any atom is -0.447 e. The molecule has 3 atom stereocenters. The summed E-state index contributed by atoms with van der Waals surface area (Å²) in [5.74, 6) is -0.268. The highest BCUT2D eigenvalue weighted by molar-refractivity contribution is 6.25. The molecule has 3 saturated heterocycles. The van der Waals surface area contributed by atoms with Crippen LogP contribution < -0.4 is 4.90 Å². The maximum absolute atomic E-state index is 13.3. The quantitative estimate of drug-likeness (QED) is 0.752. The van der Waals surface area contributed by atoms with Gasteiger partial charge >= 0.3 is 12.1 Å². The number of fused-ring (bicyclic) bond motifs is 6. The number of anilines is 1. The van der Waals surface area contributed by atoms with Gasteiger partial charge in [-0.1, -0.05) is 36.4 Å². The van der Waals surface area contributed by atoms with Crippen molar-refractivity contribution in [2.24, 2.45) is 0 Å². The fraction of sp³-hybridized carbons (Fsp3) is 0.381. The predicted octanol–water partition coefficient (Wildman–Crippen LogP) is 2.98. The zero-order valence-corrected chi connectivity index (χ0v) is 15.7. The Morgan fingerprint density at radius 1 is 1.11 bits per heavy atom. The average Bonchev–Trinajstić information content (AvgIpc) is 3.33. The van der Waals surface area contributed by atoms with Crippen LogP contribution in [0.3, 0.4) is 0 Å². The van der Waals surface area contributed by atoms with Gasteiger partial charge in [0.2, 0.25) is 0 Å². The average molecular weight is 379 g/mol. The van der Waals surface area contributed by atoms with Crippen LogP contribution in [-0.2, 0) is 9.53 Å². The van der Waals surface area contributed by atoms with Gasteiger partial charge in [-0.15, -0.1) is 0 Å². The maximum atomic E-state index is 13.3. The number of ether oxygens (including phenoxy) is 1. The molecular weight excluding hydrogens is 358 g/mol. The molecule has 0 radical (unpaired) electrons. The Bertz CT molecular complexity index is 999. The second-order valence-corrected chi connectivity index (χ2v) is 7.85. The van der Waals surface area contributed by atoms with Gasteiger partial charge in [0.05, 0.1) is 23.9 Å². The maximum Gasteiger partial charge on any atom is 0.410 e. The monoisotopic (exact) mass is 379 g/mol. The topological polar surface area (TPSA) is 70.2 Å². The van der Waals surface area contributed by atoms with Gasteiger partial charge in [0.25, 0.3) is 5.91 Å². The second kappa shape index (κ2) is 5.95. The summed E-state index contributed by atoms with van der Waals surface area (Å²) in [6.45, 7) is 4.01. The Morgan fingerprint density at radius 2 is 1.86 bits per heavy atom. The number of hydrogen-bond donors (Lipinski definition) is 0. The highest BCUT2D eigenvalue weighted by atomic mass is 16.6. The van der Waals surface area contributed by atoms with Gasteiger partial charge in [-0.3, -0.25) is 4.79 Å². The second-order valence-electron chi connectivity index (χ2n) is 7.85. The molecule has 3 unspecified atom stereocenters. The van der Waals surface area contributed by atoms with E-state index in [4.69, 9.17) is 4.74 Å².